The Bertz CT molecular complexity index is 1560. The van der Waals surface area contributed by atoms with Crippen molar-refractivity contribution in [2.45, 2.75) is 18.0 Å². The first-order valence-electron chi connectivity index (χ1n) is 10.8. The second-order valence-electron chi connectivity index (χ2n) is 8.14. The number of carboxylic acid groups (broad SMARTS) is 2. The van der Waals surface area contributed by atoms with Crippen LogP contribution in [0.15, 0.2) is 45.6 Å². The van der Waals surface area contributed by atoms with Crippen LogP contribution in [-0.4, -0.2) is 68.7 Å². The number of carboxylic acids is 2. The van der Waals surface area contributed by atoms with E-state index in [0.717, 1.165) is 20.9 Å². The fourth-order valence-corrected chi connectivity index (χ4v) is 6.98. The van der Waals surface area contributed by atoms with Crippen LogP contribution in [0, 0.1) is 0 Å². The van der Waals surface area contributed by atoms with Crippen LogP contribution >= 0.6 is 34.4 Å². The molecule has 2 aliphatic rings. The fraction of sp³-hybridized carbons (Fsp3) is 0.227. The van der Waals surface area contributed by atoms with E-state index < -0.39 is 35.2 Å². The Hall–Kier alpha value is -4.02. The molecule has 1 fully saturated rings. The van der Waals surface area contributed by atoms with Gasteiger partial charge in [0.05, 0.1) is 22.6 Å². The van der Waals surface area contributed by atoms with Crippen LogP contribution in [-0.2, 0) is 25.8 Å². The van der Waals surface area contributed by atoms with Gasteiger partial charge in [0.25, 0.3) is 11.8 Å². The number of nitrogens with two attached hydrogens (primary N) is 1. The number of β-lactam (4-membered cyclic amide) rings is 1. The minimum atomic E-state index is -1.52. The summed E-state index contributed by atoms with van der Waals surface area (Å²) in [5.74, 6) is -3.68. The van der Waals surface area contributed by atoms with Gasteiger partial charge in [-0.2, -0.15) is 0 Å². The maximum Gasteiger partial charge on any atom is 0.337 e. The number of amides is 2. The average Bonchev–Trinajstić information content (AvgIpc) is 3.51. The number of carbonyl (C=O) groups excluding carboxylic acids is 3. The summed E-state index contributed by atoms with van der Waals surface area (Å²) in [6, 6.07) is 0.745. The van der Waals surface area contributed by atoms with E-state index in [1.807, 2.05) is 0 Å². The molecule has 2 amide bonds. The van der Waals surface area contributed by atoms with Gasteiger partial charge in [-0.25, -0.2) is 14.3 Å². The van der Waals surface area contributed by atoms with Crippen molar-refractivity contribution < 1.29 is 38.8 Å². The summed E-state index contributed by atoms with van der Waals surface area (Å²) in [7, 11) is 1.26. The fourth-order valence-electron chi connectivity index (χ4n) is 4.20. The molecule has 5 heterocycles. The lowest BCUT2D eigenvalue weighted by Crippen LogP contribution is -2.71. The molecule has 1 saturated heterocycles. The number of nitrogens with zero attached hydrogens (tertiary/aromatic N) is 4. The van der Waals surface area contributed by atoms with Gasteiger partial charge in [0.15, 0.2) is 29.8 Å². The van der Waals surface area contributed by atoms with Crippen molar-refractivity contribution in [2.75, 3.05) is 18.6 Å². The molecule has 0 saturated carbocycles. The molecule has 0 spiro atoms. The molecule has 0 aromatic carbocycles. The topological polar surface area (TPSA) is 191 Å². The van der Waals surface area contributed by atoms with Gasteiger partial charge in [0, 0.05) is 32.9 Å². The van der Waals surface area contributed by atoms with Crippen LogP contribution in [0.25, 0.3) is 10.1 Å². The Labute approximate surface area is 226 Å². The quantitative estimate of drug-likeness (QED) is 0.135. The first kappa shape index (κ1) is 25.6. The number of oxime groups is 1. The minimum Gasteiger partial charge on any atom is -0.543 e. The summed E-state index contributed by atoms with van der Waals surface area (Å²) < 4.78 is 2.44. The molecule has 1 unspecified atom stereocenters. The number of pyridine rings is 1. The predicted octanol–water partition coefficient (Wildman–Crippen LogP) is -0.620. The Balaban J connectivity index is 1.37. The number of nitrogen functional groups attached to an aromatic ring is 1. The highest BCUT2D eigenvalue weighted by Crippen LogP contribution is 2.40. The molecule has 38 heavy (non-hydrogen) atoms. The number of thiazole rings is 1. The third-order valence-electron chi connectivity index (χ3n) is 5.86. The Morgan fingerprint density at radius 1 is 1.37 bits per heavy atom. The molecule has 196 valence electrons. The minimum absolute atomic E-state index is 0.102. The van der Waals surface area contributed by atoms with E-state index in [9.17, 15) is 29.4 Å². The third kappa shape index (κ3) is 4.46. The number of hydrogen-bond acceptors (Lipinski definition) is 12. The molecule has 5 rings (SSSR count). The number of thiophene rings is 1. The summed E-state index contributed by atoms with van der Waals surface area (Å²) in [5, 5.41) is 31.0. The van der Waals surface area contributed by atoms with Gasteiger partial charge in [-0.05, 0) is 0 Å². The zero-order chi connectivity index (χ0) is 27.1. The number of anilines is 1. The number of rotatable bonds is 8. The van der Waals surface area contributed by atoms with Crippen molar-refractivity contribution in [3.05, 3.63) is 51.7 Å². The number of aromatic nitrogens is 2. The monoisotopic (exact) mass is 574 g/mol. The smallest absolute Gasteiger partial charge is 0.337 e. The zero-order valence-corrected chi connectivity index (χ0v) is 21.9. The second-order valence-corrected chi connectivity index (χ2v) is 11.0. The summed E-state index contributed by atoms with van der Waals surface area (Å²) in [4.78, 5) is 59.4. The maximum absolute atomic E-state index is 13.0. The number of aliphatic carboxylic acids is 1. The average molecular weight is 575 g/mol. The molecular formula is C22H18N6O7S3. The summed E-state index contributed by atoms with van der Waals surface area (Å²) in [6.07, 6.45) is 3.35. The molecule has 2 aliphatic heterocycles. The first-order chi connectivity index (χ1) is 18.2. The van der Waals surface area contributed by atoms with Crippen molar-refractivity contribution in [2.24, 2.45) is 5.16 Å². The summed E-state index contributed by atoms with van der Waals surface area (Å²) >= 11 is 3.68. The van der Waals surface area contributed by atoms with Gasteiger partial charge in [-0.15, -0.1) is 34.4 Å². The Kier molecular flexibility index (Phi) is 6.77. The third-order valence-corrected chi connectivity index (χ3v) is 8.84. The largest absolute Gasteiger partial charge is 0.543 e. The van der Waals surface area contributed by atoms with Crippen molar-refractivity contribution in [3.8, 4) is 0 Å². The lowest BCUT2D eigenvalue weighted by Gasteiger charge is -2.50. The lowest BCUT2D eigenvalue weighted by atomic mass is 10.0. The van der Waals surface area contributed by atoms with E-state index >= 15 is 0 Å². The van der Waals surface area contributed by atoms with Crippen LogP contribution < -0.4 is 20.7 Å². The SMILES string of the molecule is CON=C(C(=O)NC1C(=O)N2C(C(=O)[O-])=C(C[n+]3ccc4scc(C(=O)O)c4c3)CS[C@@H]12)c1csc(N)n1. The van der Waals surface area contributed by atoms with Crippen LogP contribution in [0.5, 0.6) is 0 Å². The van der Waals surface area contributed by atoms with Crippen LogP contribution in [0.2, 0.25) is 0 Å². The molecular weight excluding hydrogens is 556 g/mol. The number of aromatic carboxylic acids is 1. The maximum atomic E-state index is 13.0. The zero-order valence-electron chi connectivity index (χ0n) is 19.4. The van der Waals surface area contributed by atoms with Gasteiger partial charge in [0.1, 0.15) is 24.2 Å². The van der Waals surface area contributed by atoms with E-state index in [1.54, 1.807) is 28.4 Å². The van der Waals surface area contributed by atoms with Crippen molar-refractivity contribution in [1.29, 1.82) is 0 Å². The highest BCUT2D eigenvalue weighted by atomic mass is 32.2. The van der Waals surface area contributed by atoms with Crippen molar-refractivity contribution >= 4 is 79.1 Å². The summed E-state index contributed by atoms with van der Waals surface area (Å²) in [5.41, 5.74) is 5.94. The molecule has 2 atom stereocenters. The number of nitrogens with one attached hydrogen (secondary N) is 1. The van der Waals surface area contributed by atoms with Crippen LogP contribution in [0.3, 0.4) is 0 Å². The van der Waals surface area contributed by atoms with E-state index in [2.05, 4.69) is 15.5 Å². The van der Waals surface area contributed by atoms with Gasteiger partial charge < -0.3 is 30.9 Å². The molecule has 3 aromatic rings. The molecule has 13 nitrogen and oxygen atoms in total. The Morgan fingerprint density at radius 3 is 2.82 bits per heavy atom. The van der Waals surface area contributed by atoms with E-state index in [1.165, 1.54) is 35.6 Å². The molecule has 16 heteroatoms. The van der Waals surface area contributed by atoms with Crippen LogP contribution in [0.4, 0.5) is 5.13 Å². The number of hydrogen-bond donors (Lipinski definition) is 3. The second kappa shape index (κ2) is 10.0. The van der Waals surface area contributed by atoms with E-state index in [0.29, 0.717) is 11.0 Å². The Morgan fingerprint density at radius 2 is 2.16 bits per heavy atom. The van der Waals surface area contributed by atoms with Crippen molar-refractivity contribution in [1.82, 2.24) is 15.2 Å². The normalized spacial score (nSPS) is 19.2. The standard InChI is InChI=1S/C22H18N6O7S3/c1-35-26-14(12-8-38-22(23)24-12)17(29)25-15-18(30)28-16(21(33)34)9(6-37-19(15)28)4-27-3-2-13-10(5-27)11(7-36-13)20(31)32/h2-3,5,7-8,15,19H,4,6H2,1H3,(H4-,23,24,25,29,31,32,33,34)/t15?,19-/m0/s1. The predicted molar refractivity (Wildman–Crippen MR) is 136 cm³/mol. The number of fused-ring (bicyclic) bond motifs is 2. The van der Waals surface area contributed by atoms with Crippen LogP contribution in [0.1, 0.15) is 16.1 Å². The summed E-state index contributed by atoms with van der Waals surface area (Å²) in [6.45, 7) is 0.102. The highest BCUT2D eigenvalue weighted by molar-refractivity contribution is 8.00. The molecule has 0 bridgehead atoms. The van der Waals surface area contributed by atoms with Gasteiger partial charge in [0.2, 0.25) is 0 Å². The molecule has 3 aromatic heterocycles. The van der Waals surface area contributed by atoms with Gasteiger partial charge in [-0.3, -0.25) is 14.5 Å². The number of carbonyl (C=O) groups is 4. The van der Waals surface area contributed by atoms with Crippen molar-refractivity contribution in [3.63, 3.8) is 0 Å². The molecule has 4 N–H and O–H groups in total. The van der Waals surface area contributed by atoms with Gasteiger partial charge >= 0.3 is 5.97 Å². The molecule has 0 radical (unpaired) electrons. The van der Waals surface area contributed by atoms with E-state index in [-0.39, 0.29) is 40.1 Å². The highest BCUT2D eigenvalue weighted by Gasteiger charge is 2.53. The first-order valence-corrected chi connectivity index (χ1v) is 13.7. The van der Waals surface area contributed by atoms with E-state index in [4.69, 9.17) is 10.6 Å². The molecule has 0 aliphatic carbocycles. The van der Waals surface area contributed by atoms with Gasteiger partial charge in [-0.1, -0.05) is 5.16 Å². The lowest BCUT2D eigenvalue weighted by molar-refractivity contribution is -0.687. The number of thioether (sulfide) groups is 1.